The maximum Gasteiger partial charge on any atom is 0.306 e. The predicted molar refractivity (Wildman–Crippen MR) is 297 cm³/mol. The molecule has 0 fully saturated rings. The minimum Gasteiger partial charge on any atom is -0.462 e. The van der Waals surface area contributed by atoms with Crippen molar-refractivity contribution < 1.29 is 28.6 Å². The first-order chi connectivity index (χ1) is 34.0. The van der Waals surface area contributed by atoms with E-state index < -0.39 is 6.10 Å². The molecule has 69 heavy (non-hydrogen) atoms. The van der Waals surface area contributed by atoms with Gasteiger partial charge in [0.15, 0.2) is 6.10 Å². The number of unbranched alkanes of at least 4 members (excludes halogenated alkanes) is 24. The van der Waals surface area contributed by atoms with E-state index in [1.54, 1.807) is 0 Å². The summed E-state index contributed by atoms with van der Waals surface area (Å²) in [7, 11) is 0. The van der Waals surface area contributed by atoms with Gasteiger partial charge in [0.2, 0.25) is 0 Å². The third kappa shape index (κ3) is 55.1. The van der Waals surface area contributed by atoms with Gasteiger partial charge in [-0.1, -0.05) is 221 Å². The summed E-state index contributed by atoms with van der Waals surface area (Å²) in [5.41, 5.74) is 0. The van der Waals surface area contributed by atoms with E-state index in [4.69, 9.17) is 14.2 Å². The number of ether oxygens (including phenoxy) is 3. The van der Waals surface area contributed by atoms with Crippen LogP contribution in [0.25, 0.3) is 0 Å². The Morgan fingerprint density at radius 2 is 0.565 bits per heavy atom. The van der Waals surface area contributed by atoms with Crippen LogP contribution in [0, 0.1) is 0 Å². The monoisotopic (exact) mass is 959 g/mol. The molecule has 0 aromatic carbocycles. The van der Waals surface area contributed by atoms with E-state index in [9.17, 15) is 14.4 Å². The SMILES string of the molecule is CC/C=C\C/C=C\C/C=C\C/C=C\C/C=C\CCCCCC(=O)O[C@H](COC(=O)CCCCCCCCC/C=C\C/C=C\CCCCC)COC(=O)CCCCCCCCC/C=C\CCCCCC. The van der Waals surface area contributed by atoms with Gasteiger partial charge in [-0.25, -0.2) is 0 Å². The number of hydrogen-bond acceptors (Lipinski definition) is 6. The van der Waals surface area contributed by atoms with Crippen LogP contribution in [0.1, 0.15) is 265 Å². The highest BCUT2D eigenvalue weighted by molar-refractivity contribution is 5.71. The molecule has 0 bridgehead atoms. The lowest BCUT2D eigenvalue weighted by Crippen LogP contribution is -2.30. The van der Waals surface area contributed by atoms with Gasteiger partial charge in [-0.2, -0.15) is 0 Å². The van der Waals surface area contributed by atoms with Gasteiger partial charge in [-0.3, -0.25) is 14.4 Å². The first kappa shape index (κ1) is 65.3. The molecule has 0 saturated heterocycles. The fourth-order valence-electron chi connectivity index (χ4n) is 7.73. The van der Waals surface area contributed by atoms with Crippen LogP contribution in [0.15, 0.2) is 97.2 Å². The fraction of sp³-hybridized carbons (Fsp3) is 0.698. The Morgan fingerprint density at radius 3 is 0.942 bits per heavy atom. The van der Waals surface area contributed by atoms with Crippen LogP contribution in [-0.4, -0.2) is 37.2 Å². The molecule has 6 nitrogen and oxygen atoms in total. The van der Waals surface area contributed by atoms with E-state index >= 15 is 0 Å². The second-order valence-electron chi connectivity index (χ2n) is 18.8. The van der Waals surface area contributed by atoms with Crippen LogP contribution >= 0.6 is 0 Å². The summed E-state index contributed by atoms with van der Waals surface area (Å²) < 4.78 is 16.8. The topological polar surface area (TPSA) is 78.9 Å². The molecular formula is C63H106O6. The molecule has 0 heterocycles. The molecule has 0 aromatic heterocycles. The number of carbonyl (C=O) groups is 3. The highest BCUT2D eigenvalue weighted by atomic mass is 16.6. The highest BCUT2D eigenvalue weighted by Gasteiger charge is 2.19. The zero-order chi connectivity index (χ0) is 50.0. The smallest absolute Gasteiger partial charge is 0.306 e. The highest BCUT2D eigenvalue weighted by Crippen LogP contribution is 2.14. The number of hydrogen-bond donors (Lipinski definition) is 0. The molecule has 0 rings (SSSR count). The standard InChI is InChI=1S/C63H106O6/c1-4-7-10-13-16-19-22-25-28-30-31-33-36-39-42-45-48-51-54-57-63(66)69-60(58-67-61(64)55-52-49-46-43-40-37-34-27-24-21-18-15-12-9-6-3)59-68-62(65)56-53-50-47-44-41-38-35-32-29-26-23-20-17-14-11-8-5-2/h7,10,16-17,19-21,24-26,28-29,31,33,39,42,60H,4-6,8-9,11-15,18,22-23,27,30,32,34-38,40-41,43-59H2,1-3H3/b10-7-,19-16-,20-17-,24-21-,28-25-,29-26-,33-31-,42-39-/t60-/m0/s1. The first-order valence-corrected chi connectivity index (χ1v) is 28.7. The minimum atomic E-state index is -0.801. The molecule has 6 heteroatoms. The van der Waals surface area contributed by atoms with Crippen LogP contribution in [-0.2, 0) is 28.6 Å². The molecule has 0 saturated carbocycles. The van der Waals surface area contributed by atoms with Crippen LogP contribution in [0.4, 0.5) is 0 Å². The summed E-state index contributed by atoms with van der Waals surface area (Å²) in [4.78, 5) is 38.2. The van der Waals surface area contributed by atoms with Gasteiger partial charge < -0.3 is 14.2 Å². The maximum absolute atomic E-state index is 12.9. The van der Waals surface area contributed by atoms with Gasteiger partial charge in [-0.15, -0.1) is 0 Å². The molecule has 0 aliphatic carbocycles. The quantitative estimate of drug-likeness (QED) is 0.0262. The van der Waals surface area contributed by atoms with E-state index in [1.165, 1.54) is 116 Å². The maximum atomic E-state index is 12.9. The van der Waals surface area contributed by atoms with Gasteiger partial charge in [0.05, 0.1) is 0 Å². The van der Waals surface area contributed by atoms with Crippen molar-refractivity contribution >= 4 is 17.9 Å². The Balaban J connectivity index is 4.48. The molecular weight excluding hydrogens is 853 g/mol. The van der Waals surface area contributed by atoms with Crippen LogP contribution < -0.4 is 0 Å². The third-order valence-corrected chi connectivity index (χ3v) is 12.0. The average Bonchev–Trinajstić information content (AvgIpc) is 3.35. The Bertz CT molecular complexity index is 1380. The summed E-state index contributed by atoms with van der Waals surface area (Å²) in [6.45, 7) is 6.46. The van der Waals surface area contributed by atoms with Crippen molar-refractivity contribution in [3.05, 3.63) is 97.2 Å². The van der Waals surface area contributed by atoms with E-state index in [0.717, 1.165) is 109 Å². The lowest BCUT2D eigenvalue weighted by atomic mass is 10.1. The summed E-state index contributed by atoms with van der Waals surface area (Å²) >= 11 is 0. The molecule has 0 aromatic rings. The van der Waals surface area contributed by atoms with E-state index in [0.29, 0.717) is 12.8 Å². The van der Waals surface area contributed by atoms with Gasteiger partial charge in [-0.05, 0) is 122 Å². The van der Waals surface area contributed by atoms with Crippen molar-refractivity contribution in [1.29, 1.82) is 0 Å². The zero-order valence-corrected chi connectivity index (χ0v) is 45.0. The van der Waals surface area contributed by atoms with Crippen molar-refractivity contribution in [3.63, 3.8) is 0 Å². The molecule has 0 aliphatic heterocycles. The summed E-state index contributed by atoms with van der Waals surface area (Å²) in [6, 6.07) is 0. The Labute approximate surface area is 426 Å². The fourth-order valence-corrected chi connectivity index (χ4v) is 7.73. The number of allylic oxidation sites excluding steroid dienone is 16. The second-order valence-corrected chi connectivity index (χ2v) is 18.8. The number of carbonyl (C=O) groups excluding carboxylic acids is 3. The molecule has 0 N–H and O–H groups in total. The largest absolute Gasteiger partial charge is 0.462 e. The van der Waals surface area contributed by atoms with Crippen LogP contribution in [0.5, 0.6) is 0 Å². The van der Waals surface area contributed by atoms with Crippen LogP contribution in [0.3, 0.4) is 0 Å². The number of rotatable bonds is 51. The summed E-state index contributed by atoms with van der Waals surface area (Å²) in [5.74, 6) is -0.938. The Hall–Kier alpha value is -3.67. The third-order valence-electron chi connectivity index (χ3n) is 12.0. The molecule has 0 radical (unpaired) electrons. The molecule has 0 amide bonds. The van der Waals surface area contributed by atoms with Gasteiger partial charge in [0.25, 0.3) is 0 Å². The first-order valence-electron chi connectivity index (χ1n) is 28.7. The molecule has 0 aliphatic rings. The summed E-state index contributed by atoms with van der Waals surface area (Å²) in [6.07, 6.45) is 75.3. The molecule has 0 unspecified atom stereocenters. The lowest BCUT2D eigenvalue weighted by molar-refractivity contribution is -0.167. The van der Waals surface area contributed by atoms with Gasteiger partial charge in [0, 0.05) is 19.3 Å². The Morgan fingerprint density at radius 1 is 0.304 bits per heavy atom. The van der Waals surface area contributed by atoms with E-state index in [1.807, 2.05) is 0 Å². The van der Waals surface area contributed by atoms with Crippen molar-refractivity contribution in [2.45, 2.75) is 271 Å². The van der Waals surface area contributed by atoms with Crippen LogP contribution in [0.2, 0.25) is 0 Å². The van der Waals surface area contributed by atoms with E-state index in [-0.39, 0.29) is 37.5 Å². The molecule has 1 atom stereocenters. The zero-order valence-electron chi connectivity index (χ0n) is 45.0. The van der Waals surface area contributed by atoms with Gasteiger partial charge in [0.1, 0.15) is 13.2 Å². The van der Waals surface area contributed by atoms with Gasteiger partial charge >= 0.3 is 17.9 Å². The predicted octanol–water partition coefficient (Wildman–Crippen LogP) is 19.3. The minimum absolute atomic E-state index is 0.0962. The molecule has 0 spiro atoms. The lowest BCUT2D eigenvalue weighted by Gasteiger charge is -2.18. The Kier molecular flexibility index (Phi) is 53.9. The van der Waals surface area contributed by atoms with Crippen molar-refractivity contribution in [3.8, 4) is 0 Å². The van der Waals surface area contributed by atoms with Crippen molar-refractivity contribution in [2.75, 3.05) is 13.2 Å². The van der Waals surface area contributed by atoms with E-state index in [2.05, 4.69) is 118 Å². The summed E-state index contributed by atoms with van der Waals surface area (Å²) in [5, 5.41) is 0. The molecule has 394 valence electrons. The van der Waals surface area contributed by atoms with Crippen molar-refractivity contribution in [1.82, 2.24) is 0 Å². The second kappa shape index (κ2) is 56.9. The number of esters is 3. The normalized spacial score (nSPS) is 12.8. The average molecular weight is 960 g/mol. The van der Waals surface area contributed by atoms with Crippen molar-refractivity contribution in [2.24, 2.45) is 0 Å².